The zero-order valence-corrected chi connectivity index (χ0v) is 16.5. The Kier molecular flexibility index (Phi) is 8.43. The van der Waals surface area contributed by atoms with Gasteiger partial charge in [-0.3, -0.25) is 19.2 Å². The predicted octanol–water partition coefficient (Wildman–Crippen LogP) is -3.98. The number of nitrogens with one attached hydrogen (secondary N) is 4. The van der Waals surface area contributed by atoms with Crippen molar-refractivity contribution < 1.29 is 29.1 Å². The zero-order chi connectivity index (χ0) is 23.1. The average molecular weight is 426 g/mol. The number of nitrogens with zero attached hydrogens (tertiary/aromatic N) is 1. The van der Waals surface area contributed by atoms with E-state index < -0.39 is 59.8 Å². The molecule has 0 aliphatic carbocycles. The first-order valence-corrected chi connectivity index (χ1v) is 8.79. The molecule has 14 nitrogen and oxygen atoms in total. The van der Waals surface area contributed by atoms with Gasteiger partial charge in [0.15, 0.2) is 0 Å². The van der Waals surface area contributed by atoms with Crippen LogP contribution in [0.25, 0.3) is 0 Å². The summed E-state index contributed by atoms with van der Waals surface area (Å²) in [6, 6.07) is -4.00. The number of hydrogen-bond acceptors (Lipinski definition) is 8. The minimum Gasteiger partial charge on any atom is -0.480 e. The van der Waals surface area contributed by atoms with Gasteiger partial charge in [0, 0.05) is 18.3 Å². The normalized spacial score (nSPS) is 14.1. The molecule has 1 aromatic heterocycles. The quantitative estimate of drug-likeness (QED) is 0.160. The number of hydrogen-bond donors (Lipinski definition) is 8. The monoisotopic (exact) mass is 426 g/mol. The topological polar surface area (TPSA) is 248 Å². The van der Waals surface area contributed by atoms with E-state index in [2.05, 4.69) is 25.9 Å². The summed E-state index contributed by atoms with van der Waals surface area (Å²) in [5.41, 5.74) is 14.7. The number of imidazole rings is 1. The van der Waals surface area contributed by atoms with Crippen LogP contribution in [0.1, 0.15) is 26.0 Å². The third-order valence-corrected chi connectivity index (χ3v) is 3.86. The molecule has 0 saturated carbocycles. The molecule has 0 saturated heterocycles. The van der Waals surface area contributed by atoms with Crippen molar-refractivity contribution in [2.45, 2.75) is 50.5 Å². The molecule has 0 fully saturated rings. The van der Waals surface area contributed by atoms with Crippen LogP contribution in [0.2, 0.25) is 0 Å². The van der Waals surface area contributed by atoms with Crippen molar-refractivity contribution in [2.75, 3.05) is 0 Å². The number of carboxylic acid groups (broad SMARTS) is 1. The summed E-state index contributed by atoms with van der Waals surface area (Å²) in [5, 5.41) is 16.1. The molecule has 14 heteroatoms. The number of amides is 4. The summed E-state index contributed by atoms with van der Waals surface area (Å²) in [6.45, 7) is 2.53. The van der Waals surface area contributed by atoms with Crippen LogP contribution in [0.3, 0.4) is 0 Å². The maximum absolute atomic E-state index is 12.5. The molecular formula is C16H26N8O6. The number of aliphatic carboxylic acids is 1. The minimum absolute atomic E-state index is 0.115. The van der Waals surface area contributed by atoms with Crippen LogP contribution in [-0.4, -0.2) is 68.5 Å². The van der Waals surface area contributed by atoms with Gasteiger partial charge in [-0.25, -0.2) is 9.78 Å². The SMILES string of the molecule is CC(NC(=O)C(C)(N)N)C(=O)NC(CC(N)=O)C(=O)NC(Cc1cnc[nH]1)C(=O)O. The fraction of sp³-hybridized carbons (Fsp3) is 0.500. The first kappa shape index (κ1) is 24.5. The van der Waals surface area contributed by atoms with Crippen LogP contribution in [0.5, 0.6) is 0 Å². The Labute approximate surface area is 171 Å². The van der Waals surface area contributed by atoms with Crippen molar-refractivity contribution in [3.05, 3.63) is 18.2 Å². The van der Waals surface area contributed by atoms with Crippen molar-refractivity contribution in [3.63, 3.8) is 0 Å². The van der Waals surface area contributed by atoms with E-state index in [-0.39, 0.29) is 6.42 Å². The average Bonchev–Trinajstić information content (AvgIpc) is 3.12. The van der Waals surface area contributed by atoms with Crippen LogP contribution < -0.4 is 33.2 Å². The molecule has 11 N–H and O–H groups in total. The summed E-state index contributed by atoms with van der Waals surface area (Å²) in [5.74, 6) is -4.87. The number of carboxylic acids is 1. The fourth-order valence-corrected chi connectivity index (χ4v) is 2.21. The van der Waals surface area contributed by atoms with E-state index in [1.807, 2.05) is 0 Å². The number of H-pyrrole nitrogens is 1. The van der Waals surface area contributed by atoms with Gasteiger partial charge in [0.1, 0.15) is 23.8 Å². The maximum Gasteiger partial charge on any atom is 0.326 e. The second kappa shape index (κ2) is 10.3. The molecule has 1 aromatic rings. The van der Waals surface area contributed by atoms with Crippen LogP contribution in [-0.2, 0) is 30.4 Å². The lowest BCUT2D eigenvalue weighted by atomic mass is 10.1. The number of carbonyl (C=O) groups excluding carboxylic acids is 4. The first-order chi connectivity index (χ1) is 13.8. The van der Waals surface area contributed by atoms with Crippen molar-refractivity contribution >= 4 is 29.6 Å². The minimum atomic E-state index is -1.74. The van der Waals surface area contributed by atoms with Crippen LogP contribution in [0, 0.1) is 0 Å². The van der Waals surface area contributed by atoms with E-state index in [1.165, 1.54) is 26.4 Å². The molecule has 4 amide bonds. The Morgan fingerprint density at radius 3 is 2.20 bits per heavy atom. The molecule has 166 valence electrons. The summed E-state index contributed by atoms with van der Waals surface area (Å²) in [4.78, 5) is 65.8. The summed E-state index contributed by atoms with van der Waals surface area (Å²) in [7, 11) is 0. The molecule has 1 heterocycles. The number of carbonyl (C=O) groups is 5. The lowest BCUT2D eigenvalue weighted by Gasteiger charge is -2.24. The van der Waals surface area contributed by atoms with E-state index >= 15 is 0 Å². The molecule has 3 unspecified atom stereocenters. The Balaban J connectivity index is 2.84. The number of aromatic nitrogens is 2. The van der Waals surface area contributed by atoms with Gasteiger partial charge in [-0.2, -0.15) is 0 Å². The van der Waals surface area contributed by atoms with Gasteiger partial charge in [0.05, 0.1) is 12.7 Å². The standard InChI is InChI=1S/C16H26N8O6/c1-7(22-15(30)16(2,18)19)12(26)23-9(4-11(17)25)13(27)24-10(14(28)29)3-8-5-20-6-21-8/h5-7,9-10H,3-4,18-19H2,1-2H3,(H2,17,25)(H,20,21)(H,22,30)(H,23,26)(H,24,27)(H,28,29). The smallest absolute Gasteiger partial charge is 0.326 e. The predicted molar refractivity (Wildman–Crippen MR) is 102 cm³/mol. The molecule has 0 aliphatic rings. The molecule has 30 heavy (non-hydrogen) atoms. The number of rotatable bonds is 11. The van der Waals surface area contributed by atoms with E-state index in [9.17, 15) is 29.1 Å². The molecule has 0 aromatic carbocycles. The highest BCUT2D eigenvalue weighted by atomic mass is 16.4. The molecule has 3 atom stereocenters. The third kappa shape index (κ3) is 7.84. The summed E-state index contributed by atoms with van der Waals surface area (Å²) in [6.07, 6.45) is 2.02. The van der Waals surface area contributed by atoms with Crippen molar-refractivity contribution in [3.8, 4) is 0 Å². The summed E-state index contributed by atoms with van der Waals surface area (Å²) < 4.78 is 0. The largest absolute Gasteiger partial charge is 0.480 e. The highest BCUT2D eigenvalue weighted by Gasteiger charge is 2.31. The Hall–Kier alpha value is -3.52. The van der Waals surface area contributed by atoms with Gasteiger partial charge in [0.2, 0.25) is 17.7 Å². The number of aromatic amines is 1. The maximum atomic E-state index is 12.5. The lowest BCUT2D eigenvalue weighted by Crippen LogP contribution is -2.62. The van der Waals surface area contributed by atoms with E-state index in [0.717, 1.165) is 0 Å². The van der Waals surface area contributed by atoms with Gasteiger partial charge in [-0.15, -0.1) is 0 Å². The molecule has 0 aliphatic heterocycles. The highest BCUT2D eigenvalue weighted by molar-refractivity contribution is 5.96. The van der Waals surface area contributed by atoms with Gasteiger partial charge < -0.3 is 43.2 Å². The van der Waals surface area contributed by atoms with Crippen molar-refractivity contribution in [1.82, 2.24) is 25.9 Å². The molecule has 0 spiro atoms. The zero-order valence-electron chi connectivity index (χ0n) is 16.5. The van der Waals surface area contributed by atoms with Crippen LogP contribution in [0.15, 0.2) is 12.5 Å². The summed E-state index contributed by atoms with van der Waals surface area (Å²) >= 11 is 0. The molecule has 1 rings (SSSR count). The van der Waals surface area contributed by atoms with Crippen LogP contribution in [0.4, 0.5) is 0 Å². The lowest BCUT2D eigenvalue weighted by molar-refractivity contribution is -0.142. The molecule has 0 radical (unpaired) electrons. The number of primary amides is 1. The second-order valence-corrected chi connectivity index (χ2v) is 6.89. The highest BCUT2D eigenvalue weighted by Crippen LogP contribution is 2.02. The molecule has 0 bridgehead atoms. The Bertz CT molecular complexity index is 788. The Morgan fingerprint density at radius 2 is 1.73 bits per heavy atom. The first-order valence-electron chi connectivity index (χ1n) is 8.79. The fourth-order valence-electron chi connectivity index (χ4n) is 2.21. The van der Waals surface area contributed by atoms with Crippen molar-refractivity contribution in [2.24, 2.45) is 17.2 Å². The van der Waals surface area contributed by atoms with Gasteiger partial charge in [0.25, 0.3) is 5.91 Å². The van der Waals surface area contributed by atoms with E-state index in [4.69, 9.17) is 17.2 Å². The third-order valence-electron chi connectivity index (χ3n) is 3.86. The van der Waals surface area contributed by atoms with E-state index in [0.29, 0.717) is 5.69 Å². The van der Waals surface area contributed by atoms with Crippen molar-refractivity contribution in [1.29, 1.82) is 0 Å². The van der Waals surface area contributed by atoms with Crippen LogP contribution >= 0.6 is 0 Å². The van der Waals surface area contributed by atoms with Gasteiger partial charge in [-0.05, 0) is 13.8 Å². The van der Waals surface area contributed by atoms with E-state index in [1.54, 1.807) is 0 Å². The van der Waals surface area contributed by atoms with Gasteiger partial charge in [-0.1, -0.05) is 0 Å². The Morgan fingerprint density at radius 1 is 1.13 bits per heavy atom. The van der Waals surface area contributed by atoms with Gasteiger partial charge >= 0.3 is 5.97 Å². The number of nitrogens with two attached hydrogens (primary N) is 3. The second-order valence-electron chi connectivity index (χ2n) is 6.89. The molecular weight excluding hydrogens is 400 g/mol.